The van der Waals surface area contributed by atoms with Crippen molar-refractivity contribution in [3.05, 3.63) is 63.6 Å². The van der Waals surface area contributed by atoms with Gasteiger partial charge in [-0.05, 0) is 48.7 Å². The molecule has 0 radical (unpaired) electrons. The van der Waals surface area contributed by atoms with Gasteiger partial charge < -0.3 is 20.7 Å². The molecular weight excluding hydrogens is 538 g/mol. The van der Waals surface area contributed by atoms with Crippen LogP contribution in [0.4, 0.5) is 0 Å². The standard InChI is InChI=1S/C21H26Cl2N4O2.HI/c1-3-25-21(27(2)13-16-6-9-18(22)19(23)12-16)26-11-10-15-4-7-17(8-5-15)29-14-20(24)28;/h4-9,12H,3,10-11,13-14H2,1-2H3,(H2,24,28)(H,25,26);1H. The molecule has 6 nitrogen and oxygen atoms in total. The van der Waals surface area contributed by atoms with Crippen LogP contribution in [0.25, 0.3) is 0 Å². The molecule has 0 spiro atoms. The molecule has 9 heteroatoms. The molecule has 0 atom stereocenters. The number of benzene rings is 2. The van der Waals surface area contributed by atoms with Crippen LogP contribution < -0.4 is 15.8 Å². The Morgan fingerprint density at radius 3 is 2.40 bits per heavy atom. The molecule has 0 fully saturated rings. The van der Waals surface area contributed by atoms with Gasteiger partial charge in [0, 0.05) is 26.7 Å². The first kappa shape index (κ1) is 26.3. The summed E-state index contributed by atoms with van der Waals surface area (Å²) in [7, 11) is 1.98. The first-order chi connectivity index (χ1) is 13.9. The Balaban J connectivity index is 0.00000450. The second-order valence-corrected chi connectivity index (χ2v) is 7.30. The summed E-state index contributed by atoms with van der Waals surface area (Å²) in [4.78, 5) is 17.5. The van der Waals surface area contributed by atoms with Gasteiger partial charge in [-0.1, -0.05) is 41.4 Å². The van der Waals surface area contributed by atoms with Crippen LogP contribution in [0.1, 0.15) is 18.1 Å². The molecule has 3 N–H and O–H groups in total. The fraction of sp³-hybridized carbons (Fsp3) is 0.333. The number of carbonyl (C=O) groups is 1. The summed E-state index contributed by atoms with van der Waals surface area (Å²) in [6.07, 6.45) is 0.783. The van der Waals surface area contributed by atoms with Crippen molar-refractivity contribution in [3.63, 3.8) is 0 Å². The van der Waals surface area contributed by atoms with E-state index in [0.717, 1.165) is 30.1 Å². The van der Waals surface area contributed by atoms with Gasteiger partial charge in [-0.25, -0.2) is 0 Å². The average Bonchev–Trinajstić information content (AvgIpc) is 2.69. The van der Waals surface area contributed by atoms with Gasteiger partial charge in [-0.15, -0.1) is 24.0 Å². The minimum atomic E-state index is -0.496. The monoisotopic (exact) mass is 564 g/mol. The fourth-order valence-electron chi connectivity index (χ4n) is 2.65. The second-order valence-electron chi connectivity index (χ2n) is 6.49. The maximum absolute atomic E-state index is 10.8. The van der Waals surface area contributed by atoms with Gasteiger partial charge in [0.1, 0.15) is 5.75 Å². The zero-order valence-corrected chi connectivity index (χ0v) is 20.9. The lowest BCUT2D eigenvalue weighted by Crippen LogP contribution is -2.38. The van der Waals surface area contributed by atoms with Crippen LogP contribution in [0.3, 0.4) is 0 Å². The van der Waals surface area contributed by atoms with Crippen molar-refractivity contribution in [1.29, 1.82) is 0 Å². The van der Waals surface area contributed by atoms with Gasteiger partial charge in [0.25, 0.3) is 5.91 Å². The Labute approximate surface area is 204 Å². The molecule has 0 heterocycles. The molecule has 30 heavy (non-hydrogen) atoms. The summed E-state index contributed by atoms with van der Waals surface area (Å²) in [5.74, 6) is 0.940. The number of nitrogens with two attached hydrogens (primary N) is 1. The van der Waals surface area contributed by atoms with Gasteiger partial charge >= 0.3 is 0 Å². The van der Waals surface area contributed by atoms with Crippen LogP contribution in [0.15, 0.2) is 47.5 Å². The van der Waals surface area contributed by atoms with Gasteiger partial charge in [0.15, 0.2) is 12.6 Å². The number of hydrogen-bond donors (Lipinski definition) is 2. The smallest absolute Gasteiger partial charge is 0.255 e. The minimum Gasteiger partial charge on any atom is -0.484 e. The van der Waals surface area contributed by atoms with E-state index in [4.69, 9.17) is 38.7 Å². The first-order valence-corrected chi connectivity index (χ1v) is 10.1. The summed E-state index contributed by atoms with van der Waals surface area (Å²) >= 11 is 12.1. The normalized spacial score (nSPS) is 10.9. The van der Waals surface area contributed by atoms with Crippen molar-refractivity contribution >= 4 is 59.0 Å². The highest BCUT2D eigenvalue weighted by Crippen LogP contribution is 2.23. The third kappa shape index (κ3) is 8.97. The maximum atomic E-state index is 10.8. The number of guanidine groups is 1. The molecule has 0 saturated carbocycles. The van der Waals surface area contributed by atoms with E-state index in [1.165, 1.54) is 0 Å². The van der Waals surface area contributed by atoms with Gasteiger partial charge in [0.05, 0.1) is 10.0 Å². The molecule has 2 rings (SSSR count). The lowest BCUT2D eigenvalue weighted by molar-refractivity contribution is -0.119. The van der Waals surface area contributed by atoms with E-state index in [0.29, 0.717) is 28.9 Å². The Morgan fingerprint density at radius 1 is 1.13 bits per heavy atom. The third-order valence-electron chi connectivity index (χ3n) is 4.07. The number of ether oxygens (including phenoxy) is 1. The van der Waals surface area contributed by atoms with E-state index >= 15 is 0 Å². The summed E-state index contributed by atoms with van der Waals surface area (Å²) in [5, 5.41) is 4.39. The lowest BCUT2D eigenvalue weighted by Gasteiger charge is -2.22. The highest BCUT2D eigenvalue weighted by molar-refractivity contribution is 14.0. The summed E-state index contributed by atoms with van der Waals surface area (Å²) in [6, 6.07) is 13.2. The maximum Gasteiger partial charge on any atom is 0.255 e. The quantitative estimate of drug-likeness (QED) is 0.273. The molecule has 2 aromatic rings. The molecule has 2 aromatic carbocycles. The van der Waals surface area contributed by atoms with Gasteiger partial charge in [0.2, 0.25) is 0 Å². The number of nitrogens with one attached hydrogen (secondary N) is 1. The Hall–Kier alpha value is -1.71. The van der Waals surface area contributed by atoms with Crippen LogP contribution in [-0.4, -0.2) is 43.5 Å². The first-order valence-electron chi connectivity index (χ1n) is 9.32. The Morgan fingerprint density at radius 2 is 1.80 bits per heavy atom. The van der Waals surface area contributed by atoms with E-state index in [1.54, 1.807) is 6.07 Å². The van der Waals surface area contributed by atoms with Crippen LogP contribution in [0.5, 0.6) is 5.75 Å². The molecular formula is C21H27Cl2IN4O2. The van der Waals surface area contributed by atoms with E-state index < -0.39 is 5.91 Å². The number of hydrogen-bond acceptors (Lipinski definition) is 3. The zero-order valence-electron chi connectivity index (χ0n) is 17.0. The number of halogens is 3. The van der Waals surface area contributed by atoms with Crippen LogP contribution in [0.2, 0.25) is 10.0 Å². The molecule has 1 amide bonds. The summed E-state index contributed by atoms with van der Waals surface area (Å²) in [5.41, 5.74) is 7.26. The van der Waals surface area contributed by atoms with E-state index in [-0.39, 0.29) is 30.6 Å². The van der Waals surface area contributed by atoms with Crippen LogP contribution in [-0.2, 0) is 17.8 Å². The zero-order chi connectivity index (χ0) is 21.2. The lowest BCUT2D eigenvalue weighted by atomic mass is 10.1. The molecule has 0 aliphatic heterocycles. The minimum absolute atomic E-state index is 0. The number of carbonyl (C=O) groups excluding carboxylic acids is 1. The van der Waals surface area contributed by atoms with Crippen molar-refractivity contribution < 1.29 is 9.53 Å². The Bertz CT molecular complexity index is 847. The number of amides is 1. The molecule has 0 unspecified atom stereocenters. The SMILES string of the molecule is CCNC(=NCCc1ccc(OCC(N)=O)cc1)N(C)Cc1ccc(Cl)c(Cl)c1.I. The number of rotatable bonds is 9. The van der Waals surface area contributed by atoms with E-state index in [9.17, 15) is 4.79 Å². The van der Waals surface area contributed by atoms with Crippen molar-refractivity contribution in [1.82, 2.24) is 10.2 Å². The largest absolute Gasteiger partial charge is 0.484 e. The molecule has 0 aromatic heterocycles. The molecule has 0 bridgehead atoms. The van der Waals surface area contributed by atoms with Gasteiger partial charge in [-0.3, -0.25) is 9.79 Å². The van der Waals surface area contributed by atoms with Crippen molar-refractivity contribution in [2.75, 3.05) is 26.7 Å². The number of aliphatic imine (C=N–C) groups is 1. The highest BCUT2D eigenvalue weighted by Gasteiger charge is 2.08. The van der Waals surface area contributed by atoms with E-state index in [1.807, 2.05) is 55.3 Å². The predicted molar refractivity (Wildman–Crippen MR) is 134 cm³/mol. The average molecular weight is 565 g/mol. The third-order valence-corrected chi connectivity index (χ3v) is 4.81. The summed E-state index contributed by atoms with van der Waals surface area (Å²) < 4.78 is 5.26. The van der Waals surface area contributed by atoms with Gasteiger partial charge in [-0.2, -0.15) is 0 Å². The number of primary amides is 1. The molecule has 0 saturated heterocycles. The highest BCUT2D eigenvalue weighted by atomic mass is 127. The molecule has 164 valence electrons. The topological polar surface area (TPSA) is 80.0 Å². The molecule has 0 aliphatic carbocycles. The molecule has 0 aliphatic rings. The van der Waals surface area contributed by atoms with Crippen molar-refractivity contribution in [2.45, 2.75) is 19.9 Å². The van der Waals surface area contributed by atoms with E-state index in [2.05, 4.69) is 5.32 Å². The van der Waals surface area contributed by atoms with Crippen molar-refractivity contribution in [2.24, 2.45) is 10.7 Å². The second kappa shape index (κ2) is 13.6. The fourth-order valence-corrected chi connectivity index (χ4v) is 2.97. The van der Waals surface area contributed by atoms with Crippen molar-refractivity contribution in [3.8, 4) is 5.75 Å². The number of nitrogens with zero attached hydrogens (tertiary/aromatic N) is 2. The van der Waals surface area contributed by atoms with Crippen LogP contribution >= 0.6 is 47.2 Å². The predicted octanol–water partition coefficient (Wildman–Crippen LogP) is 4.12. The summed E-state index contributed by atoms with van der Waals surface area (Å²) in [6.45, 7) is 3.98. The van der Waals surface area contributed by atoms with Crippen LogP contribution in [0, 0.1) is 0 Å². The Kier molecular flexibility index (Phi) is 11.9.